The highest BCUT2D eigenvalue weighted by molar-refractivity contribution is 5.91. The van der Waals surface area contributed by atoms with Gasteiger partial charge in [-0.1, -0.05) is 0 Å². The second-order valence-corrected chi connectivity index (χ2v) is 5.07. The van der Waals surface area contributed by atoms with Gasteiger partial charge in [-0.05, 0) is 43.4 Å². The van der Waals surface area contributed by atoms with Crippen molar-refractivity contribution in [1.29, 1.82) is 0 Å². The summed E-state index contributed by atoms with van der Waals surface area (Å²) in [5, 5.41) is 8.71. The fraction of sp³-hybridized carbons (Fsp3) is 0.467. The largest absolute Gasteiger partial charge is 0.481 e. The molecule has 0 aromatic carbocycles. The van der Waals surface area contributed by atoms with Gasteiger partial charge in [0, 0.05) is 25.6 Å². The number of piperidine rings is 1. The summed E-state index contributed by atoms with van der Waals surface area (Å²) in [6.07, 6.45) is 7.48. The van der Waals surface area contributed by atoms with E-state index in [1.165, 1.54) is 6.08 Å². The fourth-order valence-corrected chi connectivity index (χ4v) is 2.47. The maximum absolute atomic E-state index is 12.1. The number of carboxylic acid groups (broad SMARTS) is 1. The van der Waals surface area contributed by atoms with E-state index in [0.717, 1.165) is 19.4 Å². The Morgan fingerprint density at radius 1 is 1.50 bits per heavy atom. The zero-order valence-electron chi connectivity index (χ0n) is 11.3. The van der Waals surface area contributed by atoms with Gasteiger partial charge in [0.05, 0.1) is 6.26 Å². The van der Waals surface area contributed by atoms with Crippen molar-refractivity contribution in [1.82, 2.24) is 4.90 Å². The first kappa shape index (κ1) is 14.4. The third-order valence-electron chi connectivity index (χ3n) is 3.53. The molecule has 1 aliphatic rings. The predicted octanol–water partition coefficient (Wildman–Crippen LogP) is 2.40. The molecule has 0 bridgehead atoms. The van der Waals surface area contributed by atoms with Crippen molar-refractivity contribution < 1.29 is 19.1 Å². The first-order valence-corrected chi connectivity index (χ1v) is 6.87. The Hall–Kier alpha value is -2.04. The van der Waals surface area contributed by atoms with E-state index in [9.17, 15) is 9.59 Å². The summed E-state index contributed by atoms with van der Waals surface area (Å²) in [5.41, 5.74) is 0. The van der Waals surface area contributed by atoms with Gasteiger partial charge in [-0.15, -0.1) is 0 Å². The summed E-state index contributed by atoms with van der Waals surface area (Å²) in [4.78, 5) is 24.4. The van der Waals surface area contributed by atoms with Crippen molar-refractivity contribution in [3.8, 4) is 0 Å². The van der Waals surface area contributed by atoms with E-state index in [2.05, 4.69) is 0 Å². The van der Waals surface area contributed by atoms with E-state index in [-0.39, 0.29) is 12.3 Å². The van der Waals surface area contributed by atoms with Gasteiger partial charge < -0.3 is 14.4 Å². The van der Waals surface area contributed by atoms with E-state index >= 15 is 0 Å². The van der Waals surface area contributed by atoms with Crippen molar-refractivity contribution in [2.75, 3.05) is 13.1 Å². The molecule has 1 saturated heterocycles. The molecule has 0 spiro atoms. The number of rotatable bonds is 5. The molecular formula is C15H19NO4. The monoisotopic (exact) mass is 277 g/mol. The summed E-state index contributed by atoms with van der Waals surface area (Å²) in [7, 11) is 0. The number of aliphatic carboxylic acids is 1. The average Bonchev–Trinajstić information content (AvgIpc) is 2.96. The Kier molecular flexibility index (Phi) is 4.98. The molecule has 1 N–H and O–H groups in total. The molecule has 1 aromatic heterocycles. The molecule has 1 aromatic rings. The van der Waals surface area contributed by atoms with E-state index in [1.54, 1.807) is 29.4 Å². The number of hydrogen-bond acceptors (Lipinski definition) is 3. The van der Waals surface area contributed by atoms with Gasteiger partial charge in [0.15, 0.2) is 0 Å². The van der Waals surface area contributed by atoms with Gasteiger partial charge in [-0.2, -0.15) is 0 Å². The fourth-order valence-electron chi connectivity index (χ4n) is 2.47. The van der Waals surface area contributed by atoms with Gasteiger partial charge in [-0.25, -0.2) is 0 Å². The van der Waals surface area contributed by atoms with Crippen molar-refractivity contribution in [3.63, 3.8) is 0 Å². The standard InChI is InChI=1S/C15H19NO4/c17-14(7-6-13-4-2-10-20-13)16-9-1-3-12(11-16)5-8-15(18)19/h2,4,6-7,10,12H,1,3,5,8-9,11H2,(H,18,19)/b7-6-/t12-/m0/s1. The highest BCUT2D eigenvalue weighted by Crippen LogP contribution is 2.21. The normalized spacial score (nSPS) is 19.4. The average molecular weight is 277 g/mol. The Bertz CT molecular complexity index is 478. The molecule has 5 nitrogen and oxygen atoms in total. The summed E-state index contributed by atoms with van der Waals surface area (Å²) >= 11 is 0. The number of carbonyl (C=O) groups excluding carboxylic acids is 1. The number of nitrogens with zero attached hydrogens (tertiary/aromatic N) is 1. The molecule has 1 fully saturated rings. The topological polar surface area (TPSA) is 70.8 Å². The maximum Gasteiger partial charge on any atom is 0.303 e. The molecule has 1 aliphatic heterocycles. The smallest absolute Gasteiger partial charge is 0.303 e. The summed E-state index contributed by atoms with van der Waals surface area (Å²) in [6.45, 7) is 1.39. The van der Waals surface area contributed by atoms with Gasteiger partial charge >= 0.3 is 5.97 Å². The van der Waals surface area contributed by atoms with Crippen LogP contribution in [0.1, 0.15) is 31.4 Å². The van der Waals surface area contributed by atoms with Crippen LogP contribution in [0.25, 0.3) is 6.08 Å². The van der Waals surface area contributed by atoms with Gasteiger partial charge in [0.2, 0.25) is 5.91 Å². The zero-order chi connectivity index (χ0) is 14.4. The quantitative estimate of drug-likeness (QED) is 0.839. The van der Waals surface area contributed by atoms with Gasteiger partial charge in [0.25, 0.3) is 0 Å². The van der Waals surface area contributed by atoms with Crippen molar-refractivity contribution in [2.24, 2.45) is 5.92 Å². The first-order valence-electron chi connectivity index (χ1n) is 6.87. The second-order valence-electron chi connectivity index (χ2n) is 5.07. The van der Waals surface area contributed by atoms with Crippen LogP contribution in [-0.4, -0.2) is 35.0 Å². The van der Waals surface area contributed by atoms with Crippen LogP contribution in [0.4, 0.5) is 0 Å². The Labute approximate surface area is 117 Å². The zero-order valence-corrected chi connectivity index (χ0v) is 11.3. The number of amides is 1. The molecule has 0 unspecified atom stereocenters. The van der Waals surface area contributed by atoms with Crippen molar-refractivity contribution in [2.45, 2.75) is 25.7 Å². The Morgan fingerprint density at radius 3 is 3.05 bits per heavy atom. The Morgan fingerprint density at radius 2 is 2.35 bits per heavy atom. The highest BCUT2D eigenvalue weighted by atomic mass is 16.4. The van der Waals surface area contributed by atoms with E-state index in [4.69, 9.17) is 9.52 Å². The molecule has 2 rings (SSSR count). The molecule has 1 amide bonds. The van der Waals surface area contributed by atoms with E-state index in [0.29, 0.717) is 24.6 Å². The molecule has 1 atom stereocenters. The second kappa shape index (κ2) is 6.93. The van der Waals surface area contributed by atoms with Crippen LogP contribution >= 0.6 is 0 Å². The lowest BCUT2D eigenvalue weighted by Crippen LogP contribution is -2.39. The van der Waals surface area contributed by atoms with Crippen molar-refractivity contribution >= 4 is 18.0 Å². The lowest BCUT2D eigenvalue weighted by atomic mass is 9.93. The van der Waals surface area contributed by atoms with Gasteiger partial charge in [-0.3, -0.25) is 9.59 Å². The highest BCUT2D eigenvalue weighted by Gasteiger charge is 2.22. The molecule has 0 saturated carbocycles. The summed E-state index contributed by atoms with van der Waals surface area (Å²) in [6, 6.07) is 3.56. The lowest BCUT2D eigenvalue weighted by molar-refractivity contribution is -0.137. The maximum atomic E-state index is 12.1. The third kappa shape index (κ3) is 4.26. The molecule has 5 heteroatoms. The molecule has 0 aliphatic carbocycles. The molecular weight excluding hydrogens is 258 g/mol. The Balaban J connectivity index is 1.85. The molecule has 2 heterocycles. The molecule has 108 valence electrons. The van der Waals surface area contributed by atoms with Crippen LogP contribution in [0.5, 0.6) is 0 Å². The number of carboxylic acids is 1. The number of hydrogen-bond donors (Lipinski definition) is 1. The summed E-state index contributed by atoms with van der Waals surface area (Å²) in [5.74, 6) is 0.131. The minimum Gasteiger partial charge on any atom is -0.481 e. The van der Waals surface area contributed by atoms with E-state index in [1.807, 2.05) is 0 Å². The van der Waals surface area contributed by atoms with Crippen LogP contribution < -0.4 is 0 Å². The third-order valence-corrected chi connectivity index (χ3v) is 3.53. The number of likely N-dealkylation sites (tertiary alicyclic amines) is 1. The number of carbonyl (C=O) groups is 2. The van der Waals surface area contributed by atoms with E-state index < -0.39 is 5.97 Å². The van der Waals surface area contributed by atoms with Crippen LogP contribution in [-0.2, 0) is 9.59 Å². The van der Waals surface area contributed by atoms with Gasteiger partial charge in [0.1, 0.15) is 5.76 Å². The summed E-state index contributed by atoms with van der Waals surface area (Å²) < 4.78 is 5.13. The minimum atomic E-state index is -0.772. The van der Waals surface area contributed by atoms with Crippen LogP contribution in [0.15, 0.2) is 28.9 Å². The van der Waals surface area contributed by atoms with Crippen molar-refractivity contribution in [3.05, 3.63) is 30.2 Å². The lowest BCUT2D eigenvalue weighted by Gasteiger charge is -2.31. The minimum absolute atomic E-state index is 0.0403. The molecule has 0 radical (unpaired) electrons. The molecule has 20 heavy (non-hydrogen) atoms. The van der Waals surface area contributed by atoms with Crippen LogP contribution in [0.3, 0.4) is 0 Å². The SMILES string of the molecule is O=C(O)CC[C@@H]1CCCN(C(=O)/C=C\c2ccco2)C1. The van der Waals surface area contributed by atoms with Crippen LogP contribution in [0.2, 0.25) is 0 Å². The predicted molar refractivity (Wildman–Crippen MR) is 73.9 cm³/mol. The number of furan rings is 1. The first-order chi connectivity index (χ1) is 9.65. The van der Waals surface area contributed by atoms with Crippen LogP contribution in [0, 0.1) is 5.92 Å².